The van der Waals surface area contributed by atoms with Crippen molar-refractivity contribution in [3.63, 3.8) is 0 Å². The largest absolute Gasteiger partial charge is 0.490 e. The molecule has 0 atom stereocenters. The molecule has 0 spiro atoms. The summed E-state index contributed by atoms with van der Waals surface area (Å²) in [6.07, 6.45) is 0. The second-order valence-corrected chi connectivity index (χ2v) is 3.97. The van der Waals surface area contributed by atoms with Crippen molar-refractivity contribution in [3.05, 3.63) is 33.9 Å². The third-order valence-corrected chi connectivity index (χ3v) is 2.67. The van der Waals surface area contributed by atoms with Crippen LogP contribution in [-0.2, 0) is 0 Å². The molecule has 0 saturated heterocycles. The molecule has 0 fully saturated rings. The molecule has 112 valence electrons. The van der Waals surface area contributed by atoms with Crippen LogP contribution in [0.5, 0.6) is 5.75 Å². The Bertz CT molecular complexity index is 482. The van der Waals surface area contributed by atoms with Crippen LogP contribution in [0, 0.1) is 10.1 Å². The predicted molar refractivity (Wildman–Crippen MR) is 77.8 cm³/mol. The van der Waals surface area contributed by atoms with Crippen molar-refractivity contribution in [1.82, 2.24) is 10.2 Å². The van der Waals surface area contributed by atoms with Gasteiger partial charge in [0.1, 0.15) is 0 Å². The molecule has 7 nitrogen and oxygen atoms in total. The van der Waals surface area contributed by atoms with Gasteiger partial charge in [-0.1, -0.05) is 0 Å². The van der Waals surface area contributed by atoms with E-state index in [2.05, 4.69) is 5.32 Å². The Kier molecular flexibility index (Phi) is 7.56. The highest BCUT2D eigenvalue weighted by atomic mass is 35.5. The number of carbonyl (C=O) groups is 1. The second kappa shape index (κ2) is 8.34. The minimum Gasteiger partial charge on any atom is -0.490 e. The van der Waals surface area contributed by atoms with Crippen molar-refractivity contribution < 1.29 is 14.5 Å². The highest BCUT2D eigenvalue weighted by Gasteiger charge is 2.19. The van der Waals surface area contributed by atoms with Crippen LogP contribution in [0.25, 0.3) is 0 Å². The van der Waals surface area contributed by atoms with E-state index in [1.165, 1.54) is 30.2 Å². The molecule has 0 aliphatic heterocycles. The third kappa shape index (κ3) is 4.36. The van der Waals surface area contributed by atoms with Crippen molar-refractivity contribution in [2.24, 2.45) is 0 Å². The first-order valence-electron chi connectivity index (χ1n) is 5.73. The lowest BCUT2D eigenvalue weighted by molar-refractivity contribution is -0.385. The first kappa shape index (κ1) is 18.1. The number of amides is 1. The van der Waals surface area contributed by atoms with E-state index in [1.807, 2.05) is 0 Å². The number of nitro benzene ring substituents is 1. The fourth-order valence-electron chi connectivity index (χ4n) is 1.57. The van der Waals surface area contributed by atoms with Crippen LogP contribution >= 0.6 is 12.4 Å². The molecule has 0 aliphatic rings. The summed E-state index contributed by atoms with van der Waals surface area (Å²) in [5, 5.41) is 13.8. The number of carbonyl (C=O) groups excluding carboxylic acids is 1. The summed E-state index contributed by atoms with van der Waals surface area (Å²) in [7, 11) is 4.79. The molecule has 1 aromatic carbocycles. The van der Waals surface area contributed by atoms with Gasteiger partial charge in [-0.15, -0.1) is 12.4 Å². The molecule has 0 unspecified atom stereocenters. The Hall–Kier alpha value is -1.86. The van der Waals surface area contributed by atoms with Crippen molar-refractivity contribution in [1.29, 1.82) is 0 Å². The fourth-order valence-corrected chi connectivity index (χ4v) is 1.57. The molecule has 0 radical (unpaired) electrons. The molecule has 0 bridgehead atoms. The summed E-state index contributed by atoms with van der Waals surface area (Å²) in [4.78, 5) is 23.9. The Morgan fingerprint density at radius 1 is 1.50 bits per heavy atom. The molecule has 8 heteroatoms. The van der Waals surface area contributed by atoms with Crippen molar-refractivity contribution >= 4 is 24.0 Å². The quantitative estimate of drug-likeness (QED) is 0.633. The first-order valence-corrected chi connectivity index (χ1v) is 5.73. The van der Waals surface area contributed by atoms with Crippen LogP contribution in [-0.4, -0.2) is 50.0 Å². The minimum atomic E-state index is -0.566. The molecular formula is C12H18ClN3O4. The van der Waals surface area contributed by atoms with Gasteiger partial charge in [-0.25, -0.2) is 0 Å². The average molecular weight is 304 g/mol. The molecular weight excluding hydrogens is 286 g/mol. The summed E-state index contributed by atoms with van der Waals surface area (Å²) in [6, 6.07) is 4.18. The number of likely N-dealkylation sites (N-methyl/N-ethyl adjacent to an activating group) is 2. The van der Waals surface area contributed by atoms with E-state index >= 15 is 0 Å². The van der Waals surface area contributed by atoms with Gasteiger partial charge in [0.05, 0.1) is 12.0 Å². The van der Waals surface area contributed by atoms with E-state index in [0.717, 1.165) is 0 Å². The number of rotatable bonds is 6. The number of nitrogens with zero attached hydrogens (tertiary/aromatic N) is 2. The average Bonchev–Trinajstić information content (AvgIpc) is 2.42. The zero-order valence-corrected chi connectivity index (χ0v) is 12.4. The fraction of sp³-hybridized carbons (Fsp3) is 0.417. The van der Waals surface area contributed by atoms with E-state index in [9.17, 15) is 14.9 Å². The van der Waals surface area contributed by atoms with Gasteiger partial charge >= 0.3 is 5.69 Å². The van der Waals surface area contributed by atoms with Crippen molar-refractivity contribution in [3.8, 4) is 5.75 Å². The Labute approximate surface area is 123 Å². The molecule has 20 heavy (non-hydrogen) atoms. The topological polar surface area (TPSA) is 84.7 Å². The normalized spacial score (nSPS) is 9.55. The number of halogens is 1. The van der Waals surface area contributed by atoms with Gasteiger partial charge in [-0.2, -0.15) is 0 Å². The zero-order valence-electron chi connectivity index (χ0n) is 11.6. The SMILES string of the molecule is CNCCN(C)C(=O)c1ccc(OC)c([N+](=O)[O-])c1.Cl. The lowest BCUT2D eigenvalue weighted by Crippen LogP contribution is -2.32. The van der Waals surface area contributed by atoms with Crippen LogP contribution in [0.2, 0.25) is 0 Å². The minimum absolute atomic E-state index is 0. The Morgan fingerprint density at radius 2 is 2.15 bits per heavy atom. The summed E-state index contributed by atoms with van der Waals surface area (Å²) >= 11 is 0. The lowest BCUT2D eigenvalue weighted by Gasteiger charge is -2.17. The summed E-state index contributed by atoms with van der Waals surface area (Å²) in [5.41, 5.74) is 0.0569. The summed E-state index contributed by atoms with van der Waals surface area (Å²) in [6.45, 7) is 1.18. The highest BCUT2D eigenvalue weighted by Crippen LogP contribution is 2.27. The maximum absolute atomic E-state index is 12.1. The maximum atomic E-state index is 12.1. The summed E-state index contributed by atoms with van der Waals surface area (Å²) < 4.78 is 4.89. The number of hydrogen-bond donors (Lipinski definition) is 1. The maximum Gasteiger partial charge on any atom is 0.311 e. The van der Waals surface area contributed by atoms with Gasteiger partial charge in [-0.05, 0) is 19.2 Å². The van der Waals surface area contributed by atoms with Crippen LogP contribution in [0.4, 0.5) is 5.69 Å². The number of hydrogen-bond acceptors (Lipinski definition) is 5. The van der Waals surface area contributed by atoms with Crippen molar-refractivity contribution in [2.45, 2.75) is 0 Å². The van der Waals surface area contributed by atoms with Crippen LogP contribution in [0.15, 0.2) is 18.2 Å². The Morgan fingerprint density at radius 3 is 2.65 bits per heavy atom. The third-order valence-electron chi connectivity index (χ3n) is 2.67. The number of nitro groups is 1. The standard InChI is InChI=1S/C12H17N3O4.ClH/c1-13-6-7-14(2)12(16)9-4-5-11(19-3)10(8-9)15(17)18;/h4-5,8,13H,6-7H2,1-3H3;1H. The molecule has 1 aromatic rings. The van der Waals surface area contributed by atoms with Crippen LogP contribution in [0.3, 0.4) is 0 Å². The van der Waals surface area contributed by atoms with Gasteiger partial charge in [-0.3, -0.25) is 14.9 Å². The van der Waals surface area contributed by atoms with E-state index in [1.54, 1.807) is 14.1 Å². The van der Waals surface area contributed by atoms with Gasteiger partial charge in [0.15, 0.2) is 5.75 Å². The lowest BCUT2D eigenvalue weighted by atomic mass is 10.1. The molecule has 1 amide bonds. The van der Waals surface area contributed by atoms with Gasteiger partial charge < -0.3 is 15.0 Å². The van der Waals surface area contributed by atoms with E-state index in [-0.39, 0.29) is 35.3 Å². The number of nitrogens with one attached hydrogen (secondary N) is 1. The van der Waals surface area contributed by atoms with E-state index in [4.69, 9.17) is 4.74 Å². The molecule has 0 saturated carbocycles. The van der Waals surface area contributed by atoms with Gasteiger partial charge in [0.25, 0.3) is 5.91 Å². The molecule has 0 aliphatic carbocycles. The number of benzene rings is 1. The summed E-state index contributed by atoms with van der Waals surface area (Å²) in [5.74, 6) is -0.125. The Balaban J connectivity index is 0.00000361. The monoisotopic (exact) mass is 303 g/mol. The van der Waals surface area contributed by atoms with Crippen molar-refractivity contribution in [2.75, 3.05) is 34.3 Å². The molecule has 0 aromatic heterocycles. The number of methoxy groups -OCH3 is 1. The smallest absolute Gasteiger partial charge is 0.311 e. The molecule has 0 heterocycles. The molecule has 1 N–H and O–H groups in total. The van der Waals surface area contributed by atoms with Crippen LogP contribution < -0.4 is 10.1 Å². The second-order valence-electron chi connectivity index (χ2n) is 3.97. The van der Waals surface area contributed by atoms with E-state index in [0.29, 0.717) is 13.1 Å². The molecule has 1 rings (SSSR count). The van der Waals surface area contributed by atoms with Gasteiger partial charge in [0, 0.05) is 31.8 Å². The number of ether oxygens (including phenoxy) is 1. The predicted octanol–water partition coefficient (Wildman–Crippen LogP) is 1.32. The van der Waals surface area contributed by atoms with E-state index < -0.39 is 4.92 Å². The van der Waals surface area contributed by atoms with Crippen LogP contribution in [0.1, 0.15) is 10.4 Å². The highest BCUT2D eigenvalue weighted by molar-refractivity contribution is 5.95. The zero-order chi connectivity index (χ0) is 14.4. The first-order chi connectivity index (χ1) is 9.01. The van der Waals surface area contributed by atoms with Gasteiger partial charge in [0.2, 0.25) is 0 Å².